The number of nitrogens with zero attached hydrogens (tertiary/aromatic N) is 2. The minimum atomic E-state index is -3.66. The van der Waals surface area contributed by atoms with Gasteiger partial charge in [-0.3, -0.25) is 4.79 Å². The number of sulfone groups is 1. The summed E-state index contributed by atoms with van der Waals surface area (Å²) in [6.45, 7) is 0.755. The number of carbonyl (C=O) groups excluding carboxylic acids is 1. The molecule has 160 valence electrons. The highest BCUT2D eigenvalue weighted by Gasteiger charge is 2.20. The first-order valence-electron chi connectivity index (χ1n) is 9.27. The molecule has 0 radical (unpaired) electrons. The summed E-state index contributed by atoms with van der Waals surface area (Å²) in [5, 5.41) is 11.9. The topological polar surface area (TPSA) is 99.5 Å². The quantitative estimate of drug-likeness (QED) is 0.560. The van der Waals surface area contributed by atoms with Crippen molar-refractivity contribution in [2.75, 3.05) is 33.1 Å². The molecular weight excluding hydrogens is 426 g/mol. The minimum absolute atomic E-state index is 0.0101. The van der Waals surface area contributed by atoms with Gasteiger partial charge in [-0.2, -0.15) is 5.26 Å². The summed E-state index contributed by atoms with van der Waals surface area (Å²) in [6.07, 6.45) is 0.844. The molecule has 0 fully saturated rings. The molecule has 0 unspecified atom stereocenters. The number of nitrogens with one attached hydrogen (secondary N) is 1. The molecule has 0 aliphatic carbocycles. The van der Waals surface area contributed by atoms with Crippen molar-refractivity contribution in [1.29, 1.82) is 5.26 Å². The largest absolute Gasteiger partial charge is 0.495 e. The molecule has 0 heterocycles. The van der Waals surface area contributed by atoms with Crippen LogP contribution in [0.15, 0.2) is 47.4 Å². The van der Waals surface area contributed by atoms with Crippen LogP contribution in [0, 0.1) is 11.3 Å². The third kappa shape index (κ3) is 6.73. The zero-order valence-electron chi connectivity index (χ0n) is 16.9. The maximum Gasteiger partial charge on any atom is 0.223 e. The molecule has 7 nitrogen and oxygen atoms in total. The van der Waals surface area contributed by atoms with Crippen molar-refractivity contribution in [3.8, 4) is 11.8 Å². The van der Waals surface area contributed by atoms with Crippen LogP contribution in [-0.4, -0.2) is 52.3 Å². The Bertz CT molecular complexity index is 1020. The van der Waals surface area contributed by atoms with Crippen LogP contribution in [0.2, 0.25) is 5.02 Å². The van der Waals surface area contributed by atoms with E-state index >= 15 is 0 Å². The maximum absolute atomic E-state index is 12.5. The Labute approximate surface area is 182 Å². The molecular formula is C21H24ClN3O4S. The summed E-state index contributed by atoms with van der Waals surface area (Å²) < 4.78 is 30.2. The third-order valence-electron chi connectivity index (χ3n) is 4.51. The number of methoxy groups -OCH3 is 1. The Morgan fingerprint density at radius 2 is 1.93 bits per heavy atom. The molecule has 0 atom stereocenters. The number of ether oxygens (including phenoxy) is 1. The van der Waals surface area contributed by atoms with Gasteiger partial charge in [-0.1, -0.05) is 23.7 Å². The van der Waals surface area contributed by atoms with Gasteiger partial charge in [-0.25, -0.2) is 8.42 Å². The first kappa shape index (κ1) is 23.7. The molecule has 1 amide bonds. The molecule has 9 heteroatoms. The van der Waals surface area contributed by atoms with Crippen molar-refractivity contribution in [3.05, 3.63) is 58.6 Å². The predicted octanol–water partition coefficient (Wildman–Crippen LogP) is 2.63. The van der Waals surface area contributed by atoms with Crippen LogP contribution >= 0.6 is 11.6 Å². The number of hydrogen-bond donors (Lipinski definition) is 1. The third-order valence-corrected chi connectivity index (χ3v) is 6.32. The van der Waals surface area contributed by atoms with Crippen LogP contribution in [-0.2, 0) is 21.1 Å². The van der Waals surface area contributed by atoms with Crippen LogP contribution in [0.3, 0.4) is 0 Å². The molecule has 2 aromatic carbocycles. The summed E-state index contributed by atoms with van der Waals surface area (Å²) in [6, 6.07) is 13.7. The van der Waals surface area contributed by atoms with Gasteiger partial charge in [0.15, 0.2) is 9.84 Å². The average molecular weight is 450 g/mol. The van der Waals surface area contributed by atoms with Crippen molar-refractivity contribution < 1.29 is 17.9 Å². The number of nitriles is 1. The van der Waals surface area contributed by atoms with E-state index in [1.807, 2.05) is 12.1 Å². The molecule has 1 N–H and O–H groups in total. The molecule has 0 aliphatic heterocycles. The van der Waals surface area contributed by atoms with Gasteiger partial charge in [0.25, 0.3) is 0 Å². The van der Waals surface area contributed by atoms with E-state index in [0.29, 0.717) is 23.6 Å². The summed E-state index contributed by atoms with van der Waals surface area (Å²) in [5.41, 5.74) is 1.63. The molecule has 0 spiro atoms. The number of benzene rings is 2. The molecule has 0 aliphatic rings. The highest BCUT2D eigenvalue weighted by atomic mass is 35.5. The normalized spacial score (nSPS) is 11.0. The molecule has 0 saturated heterocycles. The maximum atomic E-state index is 12.5. The standard InChI is InChI=1S/C21H24ClN3O4S/c1-25(12-10-16-3-5-17(14-23)6-4-16)21(26)9-11-24-15-30(27,28)20-13-18(22)7-8-19(20)29-2/h3-8,13,24H,9-12,15H2,1-2H3. The van der Waals surface area contributed by atoms with Gasteiger partial charge in [0.05, 0.1) is 18.7 Å². The molecule has 0 aromatic heterocycles. The van der Waals surface area contributed by atoms with Crippen molar-refractivity contribution in [2.45, 2.75) is 17.7 Å². The van der Waals surface area contributed by atoms with Crippen LogP contribution < -0.4 is 10.1 Å². The van der Waals surface area contributed by atoms with Gasteiger partial charge >= 0.3 is 0 Å². The fourth-order valence-corrected chi connectivity index (χ4v) is 4.30. The van der Waals surface area contributed by atoms with E-state index in [2.05, 4.69) is 11.4 Å². The molecule has 2 aromatic rings. The highest BCUT2D eigenvalue weighted by Crippen LogP contribution is 2.27. The van der Waals surface area contributed by atoms with E-state index in [1.165, 1.54) is 19.2 Å². The Morgan fingerprint density at radius 1 is 1.23 bits per heavy atom. The van der Waals surface area contributed by atoms with E-state index in [4.69, 9.17) is 21.6 Å². The molecule has 2 rings (SSSR count). The van der Waals surface area contributed by atoms with Gasteiger partial charge in [-0.05, 0) is 42.3 Å². The lowest BCUT2D eigenvalue weighted by Crippen LogP contribution is -2.33. The number of rotatable bonds is 10. The van der Waals surface area contributed by atoms with E-state index in [9.17, 15) is 13.2 Å². The number of hydrogen-bond acceptors (Lipinski definition) is 6. The minimum Gasteiger partial charge on any atom is -0.495 e. The lowest BCUT2D eigenvalue weighted by molar-refractivity contribution is -0.129. The Balaban J connectivity index is 1.79. The highest BCUT2D eigenvalue weighted by molar-refractivity contribution is 7.91. The molecule has 30 heavy (non-hydrogen) atoms. The van der Waals surface area contributed by atoms with E-state index in [1.54, 1.807) is 30.1 Å². The second kappa shape index (κ2) is 11.0. The molecule has 0 bridgehead atoms. The number of amides is 1. The summed E-state index contributed by atoms with van der Waals surface area (Å²) >= 11 is 5.90. The van der Waals surface area contributed by atoms with E-state index < -0.39 is 9.84 Å². The van der Waals surface area contributed by atoms with Crippen molar-refractivity contribution >= 4 is 27.3 Å². The number of likely N-dealkylation sites (N-methyl/N-ethyl adjacent to an activating group) is 1. The first-order chi connectivity index (χ1) is 14.3. The number of carbonyl (C=O) groups is 1. The summed E-state index contributed by atoms with van der Waals surface area (Å²) in [5.74, 6) is -0.194. The van der Waals surface area contributed by atoms with Crippen molar-refractivity contribution in [2.24, 2.45) is 0 Å². The Kier molecular flexibility index (Phi) is 8.66. The SMILES string of the molecule is COc1ccc(Cl)cc1S(=O)(=O)CNCCC(=O)N(C)CCc1ccc(C#N)cc1. The van der Waals surface area contributed by atoms with Gasteiger partial charge in [-0.15, -0.1) is 0 Å². The number of halogens is 1. The van der Waals surface area contributed by atoms with E-state index in [-0.39, 0.29) is 35.4 Å². The fourth-order valence-electron chi connectivity index (χ4n) is 2.73. The van der Waals surface area contributed by atoms with Crippen molar-refractivity contribution in [3.63, 3.8) is 0 Å². The van der Waals surface area contributed by atoms with Gasteiger partial charge in [0, 0.05) is 31.6 Å². The summed E-state index contributed by atoms with van der Waals surface area (Å²) in [7, 11) is -0.565. The average Bonchev–Trinajstić information content (AvgIpc) is 2.75. The zero-order chi connectivity index (χ0) is 22.1. The monoisotopic (exact) mass is 449 g/mol. The predicted molar refractivity (Wildman–Crippen MR) is 115 cm³/mol. The van der Waals surface area contributed by atoms with Gasteiger partial charge < -0.3 is 15.0 Å². The van der Waals surface area contributed by atoms with Gasteiger partial charge in [0.1, 0.15) is 16.5 Å². The Hall–Kier alpha value is -2.60. The van der Waals surface area contributed by atoms with Crippen LogP contribution in [0.1, 0.15) is 17.5 Å². The lowest BCUT2D eigenvalue weighted by atomic mass is 10.1. The van der Waals surface area contributed by atoms with Crippen LogP contribution in [0.4, 0.5) is 0 Å². The van der Waals surface area contributed by atoms with Gasteiger partial charge in [0.2, 0.25) is 5.91 Å². The van der Waals surface area contributed by atoms with Crippen LogP contribution in [0.25, 0.3) is 0 Å². The summed E-state index contributed by atoms with van der Waals surface area (Å²) in [4.78, 5) is 13.9. The molecule has 0 saturated carbocycles. The second-order valence-electron chi connectivity index (χ2n) is 6.68. The first-order valence-corrected chi connectivity index (χ1v) is 11.3. The second-order valence-corrected chi connectivity index (χ2v) is 9.07. The fraction of sp³-hybridized carbons (Fsp3) is 0.333. The van der Waals surface area contributed by atoms with Crippen LogP contribution in [0.5, 0.6) is 5.75 Å². The van der Waals surface area contributed by atoms with E-state index in [0.717, 1.165) is 5.56 Å². The van der Waals surface area contributed by atoms with Crippen molar-refractivity contribution in [1.82, 2.24) is 10.2 Å². The Morgan fingerprint density at radius 3 is 2.57 bits per heavy atom. The zero-order valence-corrected chi connectivity index (χ0v) is 18.5. The smallest absolute Gasteiger partial charge is 0.223 e. The lowest BCUT2D eigenvalue weighted by Gasteiger charge is -2.17.